The second kappa shape index (κ2) is 7.27. The van der Waals surface area contributed by atoms with Crippen LogP contribution in [0.1, 0.15) is 24.9 Å². The maximum atomic E-state index is 13.3. The Morgan fingerprint density at radius 1 is 1.14 bits per heavy atom. The van der Waals surface area contributed by atoms with Gasteiger partial charge in [0, 0.05) is 30.8 Å². The Kier molecular flexibility index (Phi) is 4.95. The number of sulfone groups is 1. The van der Waals surface area contributed by atoms with Crippen molar-refractivity contribution in [2.45, 2.75) is 35.7 Å². The summed E-state index contributed by atoms with van der Waals surface area (Å²) < 4.78 is 26.6. The zero-order chi connectivity index (χ0) is 19.9. The molecule has 8 heteroatoms. The van der Waals surface area contributed by atoms with Crippen LogP contribution in [0.5, 0.6) is 0 Å². The molecular formula is C20H23N3O4S. The molecule has 7 nitrogen and oxygen atoms in total. The summed E-state index contributed by atoms with van der Waals surface area (Å²) in [7, 11) is -3.66. The molecule has 0 radical (unpaired) electrons. The van der Waals surface area contributed by atoms with Crippen molar-refractivity contribution in [3.8, 4) is 0 Å². The number of rotatable bonds is 5. The van der Waals surface area contributed by atoms with Gasteiger partial charge in [0.25, 0.3) is 5.69 Å². The van der Waals surface area contributed by atoms with E-state index in [-0.39, 0.29) is 28.6 Å². The molecule has 0 saturated carbocycles. The number of non-ortho nitro benzene ring substituents is 1. The van der Waals surface area contributed by atoms with Crippen LogP contribution in [-0.4, -0.2) is 42.7 Å². The van der Waals surface area contributed by atoms with E-state index >= 15 is 0 Å². The van der Waals surface area contributed by atoms with Gasteiger partial charge in [0.2, 0.25) is 0 Å². The molecule has 0 aliphatic carbocycles. The summed E-state index contributed by atoms with van der Waals surface area (Å²) in [4.78, 5) is 12.7. The van der Waals surface area contributed by atoms with Crippen LogP contribution in [0.25, 0.3) is 0 Å². The van der Waals surface area contributed by atoms with E-state index < -0.39 is 20.1 Å². The molecule has 4 rings (SSSR count). The van der Waals surface area contributed by atoms with Crippen LogP contribution in [-0.2, 0) is 9.84 Å². The third-order valence-electron chi connectivity index (χ3n) is 6.01. The number of nitrogens with one attached hydrogen (secondary N) is 1. The van der Waals surface area contributed by atoms with Crippen molar-refractivity contribution in [1.82, 2.24) is 10.2 Å². The highest BCUT2D eigenvalue weighted by atomic mass is 32.2. The lowest BCUT2D eigenvalue weighted by Crippen LogP contribution is -2.47. The average Bonchev–Trinajstić information content (AvgIpc) is 3.30. The zero-order valence-corrected chi connectivity index (χ0v) is 16.4. The number of fused-ring (bicyclic) bond motifs is 1. The average molecular weight is 401 g/mol. The van der Waals surface area contributed by atoms with Crippen molar-refractivity contribution in [3.05, 3.63) is 70.3 Å². The van der Waals surface area contributed by atoms with Crippen LogP contribution < -0.4 is 5.32 Å². The van der Waals surface area contributed by atoms with Gasteiger partial charge < -0.3 is 0 Å². The highest BCUT2D eigenvalue weighted by molar-refractivity contribution is 7.92. The standard InChI is InChI=1S/C20H23N3O4S/c1-14(15-5-3-2-4-6-15)22-12-11-16-13-21-20(19(16)22)28(26,27)18-9-7-17(8-10-18)23(24)25/h2-10,14,16,19-21H,11-13H2,1H3/t14-,16-,19-,20?/m1/s1. The van der Waals surface area contributed by atoms with Crippen molar-refractivity contribution < 1.29 is 13.3 Å². The van der Waals surface area contributed by atoms with Crippen molar-refractivity contribution in [1.29, 1.82) is 0 Å². The van der Waals surface area contributed by atoms with Gasteiger partial charge >= 0.3 is 0 Å². The monoisotopic (exact) mass is 401 g/mol. The second-order valence-electron chi connectivity index (χ2n) is 7.49. The van der Waals surface area contributed by atoms with Crippen LogP contribution in [0.3, 0.4) is 0 Å². The van der Waals surface area contributed by atoms with Gasteiger partial charge in [-0.3, -0.25) is 20.3 Å². The van der Waals surface area contributed by atoms with E-state index in [1.54, 1.807) is 0 Å². The van der Waals surface area contributed by atoms with E-state index in [0.717, 1.165) is 13.0 Å². The van der Waals surface area contributed by atoms with E-state index in [4.69, 9.17) is 0 Å². The summed E-state index contributed by atoms with van der Waals surface area (Å²) in [6.45, 7) is 3.64. The minimum atomic E-state index is -3.66. The van der Waals surface area contributed by atoms with Crippen LogP contribution >= 0.6 is 0 Å². The summed E-state index contributed by atoms with van der Waals surface area (Å²) in [6, 6.07) is 15.3. The van der Waals surface area contributed by atoms with Crippen LogP contribution in [0, 0.1) is 16.0 Å². The van der Waals surface area contributed by atoms with Crippen LogP contribution in [0.2, 0.25) is 0 Å². The molecule has 0 amide bonds. The molecule has 2 aromatic rings. The maximum absolute atomic E-state index is 13.3. The molecule has 4 atom stereocenters. The van der Waals surface area contributed by atoms with Gasteiger partial charge in [-0.2, -0.15) is 0 Å². The fourth-order valence-corrected chi connectivity index (χ4v) is 6.38. The van der Waals surface area contributed by atoms with Gasteiger partial charge in [-0.05, 0) is 43.5 Å². The Hall–Kier alpha value is -2.29. The summed E-state index contributed by atoms with van der Waals surface area (Å²) >= 11 is 0. The summed E-state index contributed by atoms with van der Waals surface area (Å²) in [6.07, 6.45) is 0.959. The van der Waals surface area contributed by atoms with Crippen molar-refractivity contribution >= 4 is 15.5 Å². The van der Waals surface area contributed by atoms with E-state index in [2.05, 4.69) is 29.3 Å². The van der Waals surface area contributed by atoms with Crippen molar-refractivity contribution in [2.24, 2.45) is 5.92 Å². The number of hydrogen-bond donors (Lipinski definition) is 1. The minimum Gasteiger partial charge on any atom is -0.299 e. The molecule has 0 bridgehead atoms. The van der Waals surface area contributed by atoms with Crippen LogP contribution in [0.4, 0.5) is 5.69 Å². The molecule has 2 aromatic carbocycles. The molecule has 0 spiro atoms. The van der Waals surface area contributed by atoms with Gasteiger partial charge in [-0.25, -0.2) is 8.42 Å². The second-order valence-corrected chi connectivity index (χ2v) is 9.56. The first-order valence-corrected chi connectivity index (χ1v) is 11.0. The Bertz CT molecular complexity index is 963. The highest BCUT2D eigenvalue weighted by Crippen LogP contribution is 2.39. The number of nitrogens with zero attached hydrogens (tertiary/aromatic N) is 2. The predicted molar refractivity (Wildman–Crippen MR) is 106 cm³/mol. The van der Waals surface area contributed by atoms with E-state index in [9.17, 15) is 18.5 Å². The number of likely N-dealkylation sites (tertiary alicyclic amines) is 1. The van der Waals surface area contributed by atoms with Gasteiger partial charge in [0.05, 0.1) is 9.82 Å². The van der Waals surface area contributed by atoms with Crippen molar-refractivity contribution in [2.75, 3.05) is 13.1 Å². The minimum absolute atomic E-state index is 0.114. The summed E-state index contributed by atoms with van der Waals surface area (Å²) in [5.41, 5.74) is 1.05. The normalized spacial score (nSPS) is 26.1. The lowest BCUT2D eigenvalue weighted by Gasteiger charge is -2.33. The summed E-state index contributed by atoms with van der Waals surface area (Å²) in [5, 5.41) is 13.3. The lowest BCUT2D eigenvalue weighted by atomic mass is 10.0. The molecule has 2 saturated heterocycles. The quantitative estimate of drug-likeness (QED) is 0.612. The molecule has 2 fully saturated rings. The zero-order valence-electron chi connectivity index (χ0n) is 15.6. The van der Waals surface area contributed by atoms with Gasteiger partial charge in [0.15, 0.2) is 9.84 Å². The molecule has 2 aliphatic rings. The molecular weight excluding hydrogens is 378 g/mol. The fourth-order valence-electron chi connectivity index (χ4n) is 4.51. The largest absolute Gasteiger partial charge is 0.299 e. The number of nitro groups is 1. The summed E-state index contributed by atoms with van der Waals surface area (Å²) in [5.74, 6) is 0.281. The Morgan fingerprint density at radius 2 is 1.82 bits per heavy atom. The molecule has 148 valence electrons. The lowest BCUT2D eigenvalue weighted by molar-refractivity contribution is -0.384. The third kappa shape index (κ3) is 3.21. The first kappa shape index (κ1) is 19.0. The molecule has 28 heavy (non-hydrogen) atoms. The van der Waals surface area contributed by atoms with Gasteiger partial charge in [-0.1, -0.05) is 30.3 Å². The first-order chi connectivity index (χ1) is 13.4. The maximum Gasteiger partial charge on any atom is 0.269 e. The third-order valence-corrected chi connectivity index (χ3v) is 8.05. The Morgan fingerprint density at radius 3 is 2.46 bits per heavy atom. The van der Waals surface area contributed by atoms with E-state index in [1.807, 2.05) is 18.2 Å². The number of nitro benzene ring substituents is 1. The molecule has 0 aromatic heterocycles. The van der Waals surface area contributed by atoms with Crippen LogP contribution in [0.15, 0.2) is 59.5 Å². The van der Waals surface area contributed by atoms with E-state index in [0.29, 0.717) is 6.54 Å². The molecule has 1 N–H and O–H groups in total. The molecule has 2 heterocycles. The first-order valence-electron chi connectivity index (χ1n) is 9.42. The van der Waals surface area contributed by atoms with Gasteiger partial charge in [-0.15, -0.1) is 0 Å². The SMILES string of the molecule is C[C@H](c1ccccc1)N1CC[C@@H]2CNC(S(=O)(=O)c3ccc([N+](=O)[O-])cc3)[C@@H]21. The number of benzene rings is 2. The molecule has 2 aliphatic heterocycles. The number of hydrogen-bond acceptors (Lipinski definition) is 6. The van der Waals surface area contributed by atoms with E-state index in [1.165, 1.54) is 29.8 Å². The Balaban J connectivity index is 1.63. The van der Waals surface area contributed by atoms with Crippen molar-refractivity contribution in [3.63, 3.8) is 0 Å². The molecule has 1 unspecified atom stereocenters. The highest BCUT2D eigenvalue weighted by Gasteiger charge is 2.51. The Labute approximate surface area is 164 Å². The fraction of sp³-hybridized carbons (Fsp3) is 0.400. The smallest absolute Gasteiger partial charge is 0.269 e. The topological polar surface area (TPSA) is 92.6 Å². The van der Waals surface area contributed by atoms with Gasteiger partial charge in [0.1, 0.15) is 5.37 Å². The predicted octanol–water partition coefficient (Wildman–Crippen LogP) is 2.75.